The Bertz CT molecular complexity index is 741. The topological polar surface area (TPSA) is 72.2 Å². The quantitative estimate of drug-likeness (QED) is 0.904. The van der Waals surface area contributed by atoms with Crippen LogP contribution in [-0.4, -0.2) is 14.5 Å². The van der Waals surface area contributed by atoms with E-state index in [1.54, 1.807) is 0 Å². The highest BCUT2D eigenvalue weighted by Gasteiger charge is 2.29. The Morgan fingerprint density at radius 2 is 1.90 bits per heavy atom. The van der Waals surface area contributed by atoms with Crippen LogP contribution in [0.15, 0.2) is 34.5 Å². The predicted octanol–water partition coefficient (Wildman–Crippen LogP) is 1.96. The monoisotopic (exact) mass is 322 g/mol. The van der Waals surface area contributed by atoms with Crippen molar-refractivity contribution < 1.29 is 8.42 Å². The number of nitrogens with one attached hydrogen (secondary N) is 1. The van der Waals surface area contributed by atoms with E-state index < -0.39 is 10.0 Å². The lowest BCUT2D eigenvalue weighted by atomic mass is 10.1. The van der Waals surface area contributed by atoms with E-state index in [-0.39, 0.29) is 12.6 Å². The largest absolute Gasteiger partial charge is 0.326 e. The van der Waals surface area contributed by atoms with E-state index >= 15 is 0 Å². The smallest absolute Gasteiger partial charge is 0.242 e. The van der Waals surface area contributed by atoms with Crippen molar-refractivity contribution in [2.45, 2.75) is 37.2 Å². The van der Waals surface area contributed by atoms with E-state index in [0.29, 0.717) is 4.90 Å². The molecule has 4 nitrogen and oxygen atoms in total. The van der Waals surface area contributed by atoms with Gasteiger partial charge >= 0.3 is 0 Å². The van der Waals surface area contributed by atoms with Crippen LogP contribution in [0.25, 0.3) is 0 Å². The van der Waals surface area contributed by atoms with Crippen LogP contribution in [0.2, 0.25) is 0 Å². The molecule has 1 aromatic carbocycles. The fraction of sp³-hybridized carbons (Fsp3) is 0.333. The number of sulfonamides is 1. The van der Waals surface area contributed by atoms with Gasteiger partial charge in [-0.3, -0.25) is 0 Å². The summed E-state index contributed by atoms with van der Waals surface area (Å²) in [5.74, 6) is 0. The van der Waals surface area contributed by atoms with Crippen LogP contribution in [-0.2, 0) is 29.4 Å². The van der Waals surface area contributed by atoms with Gasteiger partial charge in [0.1, 0.15) is 4.90 Å². The summed E-state index contributed by atoms with van der Waals surface area (Å²) in [7, 11) is -3.51. The molecular weight excluding hydrogens is 304 g/mol. The molecule has 0 amide bonds. The van der Waals surface area contributed by atoms with Gasteiger partial charge in [0.25, 0.3) is 0 Å². The van der Waals surface area contributed by atoms with E-state index in [0.717, 1.165) is 23.3 Å². The van der Waals surface area contributed by atoms with Crippen LogP contribution in [0.3, 0.4) is 0 Å². The van der Waals surface area contributed by atoms with Crippen molar-refractivity contribution >= 4 is 21.4 Å². The second kappa shape index (κ2) is 5.53. The number of benzene rings is 1. The van der Waals surface area contributed by atoms with Crippen molar-refractivity contribution in [3.05, 3.63) is 51.2 Å². The Morgan fingerprint density at radius 3 is 2.48 bits per heavy atom. The van der Waals surface area contributed by atoms with Gasteiger partial charge in [-0.05, 0) is 41.8 Å². The highest BCUT2D eigenvalue weighted by atomic mass is 32.2. The van der Waals surface area contributed by atoms with E-state index in [2.05, 4.69) is 16.9 Å². The summed E-state index contributed by atoms with van der Waals surface area (Å²) in [5, 5.41) is 1.85. The van der Waals surface area contributed by atoms with Crippen molar-refractivity contribution in [2.75, 3.05) is 0 Å². The lowest BCUT2D eigenvalue weighted by molar-refractivity contribution is 0.554. The molecule has 0 saturated carbocycles. The third-order valence-corrected chi connectivity index (χ3v) is 6.82. The Balaban J connectivity index is 1.84. The molecule has 0 atom stereocenters. The number of hydrogen-bond donors (Lipinski definition) is 2. The molecule has 6 heteroatoms. The SMILES string of the molecule is Cc1csc(CN)c1S(=O)(=O)NC1Cc2ccccc2C1. The summed E-state index contributed by atoms with van der Waals surface area (Å²) in [4.78, 5) is 1.08. The average molecular weight is 322 g/mol. The van der Waals surface area contributed by atoms with Gasteiger partial charge in [-0.2, -0.15) is 0 Å². The van der Waals surface area contributed by atoms with Crippen LogP contribution in [0, 0.1) is 6.92 Å². The average Bonchev–Trinajstić information content (AvgIpc) is 3.00. The molecule has 0 fully saturated rings. The molecule has 1 aromatic heterocycles. The van der Waals surface area contributed by atoms with Gasteiger partial charge in [-0.1, -0.05) is 24.3 Å². The number of hydrogen-bond acceptors (Lipinski definition) is 4. The fourth-order valence-electron chi connectivity index (χ4n) is 2.91. The molecule has 0 unspecified atom stereocenters. The second-order valence-corrected chi connectivity index (χ2v) is 7.99. The van der Waals surface area contributed by atoms with Gasteiger partial charge in [-0.25, -0.2) is 13.1 Å². The van der Waals surface area contributed by atoms with Crippen molar-refractivity contribution in [2.24, 2.45) is 5.73 Å². The fourth-order valence-corrected chi connectivity index (χ4v) is 5.85. The van der Waals surface area contributed by atoms with Crippen molar-refractivity contribution in [1.82, 2.24) is 4.72 Å². The van der Waals surface area contributed by atoms with Crippen molar-refractivity contribution in [3.8, 4) is 0 Å². The Labute approximate surface area is 129 Å². The third kappa shape index (κ3) is 2.76. The highest BCUT2D eigenvalue weighted by Crippen LogP contribution is 2.28. The molecule has 2 aromatic rings. The van der Waals surface area contributed by atoms with Crippen LogP contribution in [0.1, 0.15) is 21.6 Å². The molecular formula is C15H18N2O2S2. The van der Waals surface area contributed by atoms with Gasteiger partial charge in [0.15, 0.2) is 0 Å². The third-order valence-electron chi connectivity index (χ3n) is 3.82. The second-order valence-electron chi connectivity index (χ2n) is 5.37. The van der Waals surface area contributed by atoms with E-state index in [1.165, 1.54) is 22.5 Å². The molecule has 0 aliphatic heterocycles. The molecule has 0 spiro atoms. The summed E-state index contributed by atoms with van der Waals surface area (Å²) in [6.45, 7) is 2.06. The summed E-state index contributed by atoms with van der Waals surface area (Å²) in [6.07, 6.45) is 1.49. The molecule has 0 saturated heterocycles. The molecule has 0 bridgehead atoms. The highest BCUT2D eigenvalue weighted by molar-refractivity contribution is 7.89. The zero-order valence-corrected chi connectivity index (χ0v) is 13.4. The first-order chi connectivity index (χ1) is 10.0. The molecule has 1 aliphatic carbocycles. The summed E-state index contributed by atoms with van der Waals surface area (Å²) in [6, 6.07) is 8.03. The van der Waals surface area contributed by atoms with E-state index in [1.807, 2.05) is 24.4 Å². The maximum atomic E-state index is 12.6. The number of fused-ring (bicyclic) bond motifs is 1. The minimum Gasteiger partial charge on any atom is -0.326 e. The zero-order chi connectivity index (χ0) is 15.0. The normalized spacial score (nSPS) is 15.3. The van der Waals surface area contributed by atoms with Gasteiger partial charge in [0.2, 0.25) is 10.0 Å². The van der Waals surface area contributed by atoms with Crippen LogP contribution in [0.5, 0.6) is 0 Å². The van der Waals surface area contributed by atoms with Crippen LogP contribution < -0.4 is 10.5 Å². The molecule has 1 aliphatic rings. The maximum absolute atomic E-state index is 12.6. The molecule has 3 N–H and O–H groups in total. The molecule has 0 radical (unpaired) electrons. The first-order valence-electron chi connectivity index (χ1n) is 6.87. The van der Waals surface area contributed by atoms with Gasteiger partial charge in [0, 0.05) is 17.5 Å². The molecule has 1 heterocycles. The first kappa shape index (κ1) is 14.7. The number of thiophene rings is 1. The maximum Gasteiger partial charge on any atom is 0.242 e. The van der Waals surface area contributed by atoms with Gasteiger partial charge in [0.05, 0.1) is 0 Å². The molecule has 21 heavy (non-hydrogen) atoms. The van der Waals surface area contributed by atoms with Crippen molar-refractivity contribution in [3.63, 3.8) is 0 Å². The Hall–Kier alpha value is -1.21. The standard InChI is InChI=1S/C15H18N2O2S2/c1-10-9-20-14(8-16)15(10)21(18,19)17-13-6-11-4-2-3-5-12(11)7-13/h2-5,9,13,17H,6-8,16H2,1H3. The van der Waals surface area contributed by atoms with Gasteiger partial charge in [-0.15, -0.1) is 11.3 Å². The predicted molar refractivity (Wildman–Crippen MR) is 84.9 cm³/mol. The first-order valence-corrected chi connectivity index (χ1v) is 9.23. The van der Waals surface area contributed by atoms with Gasteiger partial charge < -0.3 is 5.73 Å². The molecule has 3 rings (SSSR count). The lowest BCUT2D eigenvalue weighted by Crippen LogP contribution is -2.36. The lowest BCUT2D eigenvalue weighted by Gasteiger charge is -2.13. The van der Waals surface area contributed by atoms with E-state index in [9.17, 15) is 8.42 Å². The number of rotatable bonds is 4. The Morgan fingerprint density at radius 1 is 1.29 bits per heavy atom. The minimum atomic E-state index is -3.51. The summed E-state index contributed by atoms with van der Waals surface area (Å²) in [5.41, 5.74) is 8.88. The van der Waals surface area contributed by atoms with Crippen LogP contribution >= 0.6 is 11.3 Å². The Kier molecular flexibility index (Phi) is 3.88. The number of nitrogens with two attached hydrogens (primary N) is 1. The van der Waals surface area contributed by atoms with Crippen LogP contribution in [0.4, 0.5) is 0 Å². The summed E-state index contributed by atoms with van der Waals surface area (Å²) < 4.78 is 28.1. The van der Waals surface area contributed by atoms with Crippen molar-refractivity contribution in [1.29, 1.82) is 0 Å². The number of aryl methyl sites for hydroxylation is 1. The van der Waals surface area contributed by atoms with E-state index in [4.69, 9.17) is 5.73 Å². The minimum absolute atomic E-state index is 0.0719. The molecule has 112 valence electrons. The zero-order valence-electron chi connectivity index (χ0n) is 11.8. The summed E-state index contributed by atoms with van der Waals surface area (Å²) >= 11 is 1.40.